The molecule has 7 rings (SSSR count). The van der Waals surface area contributed by atoms with Gasteiger partial charge < -0.3 is 28.9 Å². The van der Waals surface area contributed by atoms with Gasteiger partial charge in [0.25, 0.3) is 0 Å². The number of rotatable bonds is 6. The van der Waals surface area contributed by atoms with E-state index in [1.165, 1.54) is 0 Å². The number of cyclic esters (lactones) is 1. The van der Waals surface area contributed by atoms with Crippen LogP contribution in [0, 0.1) is 11.8 Å². The third-order valence-electron chi connectivity index (χ3n) is 10.7. The molecule has 0 aliphatic carbocycles. The largest absolute Gasteiger partial charge is 0.497 e. The highest BCUT2D eigenvalue weighted by Gasteiger charge is 2.71. The molecule has 0 bridgehead atoms. The Bertz CT molecular complexity index is 1830. The summed E-state index contributed by atoms with van der Waals surface area (Å²) in [4.78, 5) is 62.5. The summed E-state index contributed by atoms with van der Waals surface area (Å²) >= 11 is 0. The molecule has 3 aromatic carbocycles. The molecule has 0 N–H and O–H groups in total. The van der Waals surface area contributed by atoms with Gasteiger partial charge in [0.05, 0.1) is 25.2 Å². The summed E-state index contributed by atoms with van der Waals surface area (Å²) in [6, 6.07) is 24.9. The fraction of sp³-hybridized carbons (Fsp3) is 0.366. The maximum absolute atomic E-state index is 14.9. The van der Waals surface area contributed by atoms with Crippen molar-refractivity contribution in [2.45, 2.75) is 62.7 Å². The van der Waals surface area contributed by atoms with E-state index in [0.29, 0.717) is 25.3 Å². The van der Waals surface area contributed by atoms with Gasteiger partial charge in [0.2, 0.25) is 17.7 Å². The zero-order valence-electron chi connectivity index (χ0n) is 29.1. The molecule has 10 heteroatoms. The molecule has 264 valence electrons. The van der Waals surface area contributed by atoms with E-state index in [0.717, 1.165) is 16.7 Å². The van der Waals surface area contributed by atoms with Crippen LogP contribution >= 0.6 is 0 Å². The standard InChI is InChI=1S/C41H43N3O7/c1-27-36(30-15-8-5-9-16-30)50-40(48)34-32(17-10-11-18-33(45)42(27)2)51-41-23-12-24-43(25-28-13-6-4-7-14-28)39(47)37(41)44(38(46)35(34)41)26-29-19-21-31(49-3)22-20-29/h4-10,12-17,19-23,27,32,34-37H,11,18,24-26H2,1-3H3/b17-10+/t27-,32-,34+,35+,36+,37-,41+/m1/s1. The molecule has 7 atom stereocenters. The number of hydrogen-bond donors (Lipinski definition) is 0. The number of amides is 3. The Hall–Kier alpha value is -5.22. The Labute approximate surface area is 298 Å². The third kappa shape index (κ3) is 6.33. The van der Waals surface area contributed by atoms with Gasteiger partial charge in [0.1, 0.15) is 29.4 Å². The van der Waals surface area contributed by atoms with Crippen LogP contribution < -0.4 is 4.74 Å². The summed E-state index contributed by atoms with van der Waals surface area (Å²) < 4.78 is 18.6. The summed E-state index contributed by atoms with van der Waals surface area (Å²) in [5.74, 6) is -2.71. The summed E-state index contributed by atoms with van der Waals surface area (Å²) in [5.41, 5.74) is 1.05. The molecular weight excluding hydrogens is 646 g/mol. The molecule has 0 unspecified atom stereocenters. The molecule has 0 aromatic heterocycles. The molecule has 2 fully saturated rings. The lowest BCUT2D eigenvalue weighted by Gasteiger charge is -2.35. The minimum atomic E-state index is -1.44. The molecule has 0 saturated carbocycles. The molecular formula is C41H43N3O7. The minimum Gasteiger partial charge on any atom is -0.497 e. The van der Waals surface area contributed by atoms with Crippen LogP contribution in [0.1, 0.15) is 42.6 Å². The second-order valence-electron chi connectivity index (χ2n) is 13.7. The molecule has 2 saturated heterocycles. The highest BCUT2D eigenvalue weighted by atomic mass is 16.6. The van der Waals surface area contributed by atoms with E-state index in [9.17, 15) is 19.2 Å². The number of benzene rings is 3. The van der Waals surface area contributed by atoms with Crippen LogP contribution in [-0.2, 0) is 41.7 Å². The van der Waals surface area contributed by atoms with Crippen LogP contribution in [0.25, 0.3) is 0 Å². The van der Waals surface area contributed by atoms with Gasteiger partial charge in [0, 0.05) is 33.1 Å². The highest BCUT2D eigenvalue weighted by molar-refractivity contribution is 5.99. The molecule has 4 aliphatic heterocycles. The number of hydrogen-bond acceptors (Lipinski definition) is 7. The average Bonchev–Trinajstić information content (AvgIpc) is 3.54. The first-order valence-corrected chi connectivity index (χ1v) is 17.5. The second-order valence-corrected chi connectivity index (χ2v) is 13.7. The van der Waals surface area contributed by atoms with E-state index in [4.69, 9.17) is 14.2 Å². The number of carbonyl (C=O) groups excluding carboxylic acids is 4. The normalized spacial score (nSPS) is 30.1. The lowest BCUT2D eigenvalue weighted by Crippen LogP contribution is -2.54. The van der Waals surface area contributed by atoms with E-state index in [2.05, 4.69) is 0 Å². The van der Waals surface area contributed by atoms with Gasteiger partial charge in [0.15, 0.2) is 0 Å². The number of nitrogens with zero attached hydrogens (tertiary/aromatic N) is 3. The summed E-state index contributed by atoms with van der Waals surface area (Å²) in [7, 11) is 3.30. The Morgan fingerprint density at radius 1 is 0.843 bits per heavy atom. The molecule has 3 amide bonds. The minimum absolute atomic E-state index is 0.0794. The number of esters is 1. The van der Waals surface area contributed by atoms with Crippen molar-refractivity contribution in [1.29, 1.82) is 0 Å². The van der Waals surface area contributed by atoms with Crippen molar-refractivity contribution < 1.29 is 33.4 Å². The van der Waals surface area contributed by atoms with Crippen LogP contribution in [0.5, 0.6) is 5.75 Å². The number of carbonyl (C=O) groups is 4. The van der Waals surface area contributed by atoms with Crippen molar-refractivity contribution >= 4 is 23.7 Å². The number of ether oxygens (including phenoxy) is 3. The number of fused-ring (bicyclic) bond motifs is 2. The van der Waals surface area contributed by atoms with Crippen molar-refractivity contribution in [3.05, 3.63) is 126 Å². The van der Waals surface area contributed by atoms with Crippen LogP contribution in [0.4, 0.5) is 0 Å². The molecule has 51 heavy (non-hydrogen) atoms. The summed E-state index contributed by atoms with van der Waals surface area (Å²) in [5, 5.41) is 0. The fourth-order valence-electron chi connectivity index (χ4n) is 7.98. The summed E-state index contributed by atoms with van der Waals surface area (Å²) in [6.07, 6.45) is 6.30. The van der Waals surface area contributed by atoms with Gasteiger partial charge >= 0.3 is 5.97 Å². The Kier molecular flexibility index (Phi) is 9.52. The van der Waals surface area contributed by atoms with Gasteiger partial charge in [-0.3, -0.25) is 19.2 Å². The second kappa shape index (κ2) is 14.2. The van der Waals surface area contributed by atoms with E-state index in [1.54, 1.807) is 34.9 Å². The SMILES string of the molecule is COc1ccc(CN2C(=O)[C@@H]3[C@H]4C(=O)O[C@H](c5ccccc5)[C@@H](C)N(C)C(=O)CC/C=C/[C@H]4O[C@@]34C=CCN(Cc3ccccc3)C(=O)[C@@H]24)cc1. The maximum Gasteiger partial charge on any atom is 0.313 e. The first-order chi connectivity index (χ1) is 24.7. The summed E-state index contributed by atoms with van der Waals surface area (Å²) in [6.45, 7) is 2.64. The van der Waals surface area contributed by atoms with Gasteiger partial charge in [-0.1, -0.05) is 97.1 Å². The molecule has 4 heterocycles. The predicted octanol–water partition coefficient (Wildman–Crippen LogP) is 4.86. The van der Waals surface area contributed by atoms with Crippen molar-refractivity contribution in [2.75, 3.05) is 20.7 Å². The zero-order valence-corrected chi connectivity index (χ0v) is 29.1. The first kappa shape index (κ1) is 34.2. The topological polar surface area (TPSA) is 106 Å². The Morgan fingerprint density at radius 2 is 1.53 bits per heavy atom. The predicted molar refractivity (Wildman–Crippen MR) is 189 cm³/mol. The smallest absolute Gasteiger partial charge is 0.313 e. The molecule has 10 nitrogen and oxygen atoms in total. The molecule has 4 aliphatic rings. The van der Waals surface area contributed by atoms with Crippen molar-refractivity contribution in [2.24, 2.45) is 11.8 Å². The monoisotopic (exact) mass is 689 g/mol. The number of likely N-dealkylation sites (N-methyl/N-ethyl adjacent to an activating group) is 1. The van der Waals surface area contributed by atoms with Gasteiger partial charge in [-0.05, 0) is 42.2 Å². The average molecular weight is 690 g/mol. The van der Waals surface area contributed by atoms with Crippen LogP contribution in [0.15, 0.2) is 109 Å². The van der Waals surface area contributed by atoms with E-state index < -0.39 is 47.7 Å². The lowest BCUT2D eigenvalue weighted by atomic mass is 9.77. The Morgan fingerprint density at radius 3 is 2.24 bits per heavy atom. The maximum atomic E-state index is 14.9. The quantitative estimate of drug-likeness (QED) is 0.269. The van der Waals surface area contributed by atoms with Crippen molar-refractivity contribution in [3.8, 4) is 5.75 Å². The van der Waals surface area contributed by atoms with Gasteiger partial charge in [-0.2, -0.15) is 0 Å². The van der Waals surface area contributed by atoms with Gasteiger partial charge in [-0.25, -0.2) is 0 Å². The van der Waals surface area contributed by atoms with Crippen LogP contribution in [0.3, 0.4) is 0 Å². The lowest BCUT2D eigenvalue weighted by molar-refractivity contribution is -0.164. The number of allylic oxidation sites excluding steroid dienone is 1. The number of methoxy groups -OCH3 is 1. The molecule has 3 aromatic rings. The van der Waals surface area contributed by atoms with E-state index in [-0.39, 0.29) is 30.7 Å². The van der Waals surface area contributed by atoms with Gasteiger partial charge in [-0.15, -0.1) is 0 Å². The van der Waals surface area contributed by atoms with E-state index >= 15 is 0 Å². The fourth-order valence-corrected chi connectivity index (χ4v) is 7.98. The molecule has 1 spiro atoms. The van der Waals surface area contributed by atoms with Crippen LogP contribution in [-0.4, -0.2) is 82.9 Å². The zero-order chi connectivity index (χ0) is 35.7. The first-order valence-electron chi connectivity index (χ1n) is 17.5. The molecule has 0 radical (unpaired) electrons. The van der Waals surface area contributed by atoms with Crippen molar-refractivity contribution in [3.63, 3.8) is 0 Å². The number of likely N-dealkylation sites (tertiary alicyclic amines) is 1. The third-order valence-corrected chi connectivity index (χ3v) is 10.7. The highest BCUT2D eigenvalue weighted by Crippen LogP contribution is 2.54. The van der Waals surface area contributed by atoms with E-state index in [1.807, 2.05) is 110 Å². The van der Waals surface area contributed by atoms with Crippen molar-refractivity contribution in [1.82, 2.24) is 14.7 Å². The van der Waals surface area contributed by atoms with Crippen LogP contribution in [0.2, 0.25) is 0 Å². The Balaban J connectivity index is 1.31.